The molecule has 0 aliphatic heterocycles. The molecule has 0 aliphatic rings. The molecule has 0 spiro atoms. The Hall–Kier alpha value is 0.327. The fourth-order valence-corrected chi connectivity index (χ4v) is 8.73. The minimum Gasteiger partial charge on any atom is -0.329 e. The SMILES string of the molecule is CCC[Si](CCC)(CCC)OP(=O)(O)O. The highest BCUT2D eigenvalue weighted by atomic mass is 31.2. The zero-order valence-corrected chi connectivity index (χ0v) is 11.8. The molecule has 0 heterocycles. The lowest BCUT2D eigenvalue weighted by Gasteiger charge is -2.30. The van der Waals surface area contributed by atoms with E-state index in [1.807, 2.05) is 20.8 Å². The molecule has 2 N–H and O–H groups in total. The van der Waals surface area contributed by atoms with Crippen LogP contribution in [0.15, 0.2) is 0 Å². The topological polar surface area (TPSA) is 66.8 Å². The van der Waals surface area contributed by atoms with E-state index in [0.29, 0.717) is 0 Å². The zero-order valence-electron chi connectivity index (χ0n) is 9.90. The fraction of sp³-hybridized carbons (Fsp3) is 1.00. The summed E-state index contributed by atoms with van der Waals surface area (Å²) in [6.07, 6.45) is 2.81. The van der Waals surface area contributed by atoms with Gasteiger partial charge in [0.2, 0.25) is 8.32 Å². The molecule has 0 unspecified atom stereocenters. The summed E-state index contributed by atoms with van der Waals surface area (Å²) in [4.78, 5) is 17.9. The van der Waals surface area contributed by atoms with E-state index in [2.05, 4.69) is 0 Å². The smallest absolute Gasteiger partial charge is 0.329 e. The van der Waals surface area contributed by atoms with Crippen LogP contribution in [0.5, 0.6) is 0 Å². The summed E-state index contributed by atoms with van der Waals surface area (Å²) >= 11 is 0. The van der Waals surface area contributed by atoms with Crippen LogP contribution in [0.1, 0.15) is 40.0 Å². The third-order valence-corrected chi connectivity index (χ3v) is 9.16. The van der Waals surface area contributed by atoms with Crippen LogP contribution in [0.2, 0.25) is 18.1 Å². The maximum Gasteiger partial charge on any atom is 0.459 e. The molecule has 92 valence electrons. The molecule has 0 aromatic rings. The number of phosphoric acid groups is 1. The highest BCUT2D eigenvalue weighted by molar-refractivity contribution is 7.48. The Morgan fingerprint density at radius 1 is 1.00 bits per heavy atom. The first-order chi connectivity index (χ1) is 6.89. The van der Waals surface area contributed by atoms with E-state index in [1.54, 1.807) is 0 Å². The predicted molar refractivity (Wildman–Crippen MR) is 64.2 cm³/mol. The Morgan fingerprint density at radius 3 is 1.53 bits per heavy atom. The van der Waals surface area contributed by atoms with Crippen molar-refractivity contribution in [3.8, 4) is 0 Å². The van der Waals surface area contributed by atoms with Gasteiger partial charge >= 0.3 is 7.82 Å². The molecule has 0 aromatic heterocycles. The van der Waals surface area contributed by atoms with Crippen molar-refractivity contribution in [2.45, 2.75) is 58.2 Å². The van der Waals surface area contributed by atoms with E-state index in [1.165, 1.54) is 0 Å². The molecule has 0 aliphatic carbocycles. The number of rotatable bonds is 8. The minimum absolute atomic E-state index is 0.847. The maximum atomic E-state index is 11.0. The maximum absolute atomic E-state index is 11.0. The summed E-state index contributed by atoms with van der Waals surface area (Å²) in [7, 11) is -6.51. The second-order valence-electron chi connectivity index (χ2n) is 4.01. The molecule has 0 amide bonds. The Bertz CT molecular complexity index is 199. The highest BCUT2D eigenvalue weighted by Crippen LogP contribution is 2.45. The first kappa shape index (κ1) is 15.3. The molecular weight excluding hydrogens is 231 g/mol. The van der Waals surface area contributed by atoms with Gasteiger partial charge in [0.05, 0.1) is 0 Å². The largest absolute Gasteiger partial charge is 0.459 e. The van der Waals surface area contributed by atoms with E-state index in [9.17, 15) is 4.57 Å². The van der Waals surface area contributed by atoms with Gasteiger partial charge in [-0.2, -0.15) is 0 Å². The predicted octanol–water partition coefficient (Wildman–Crippen LogP) is 3.27. The average Bonchev–Trinajstić information content (AvgIpc) is 2.01. The molecule has 0 aromatic carbocycles. The third kappa shape index (κ3) is 6.48. The first-order valence-corrected chi connectivity index (χ1v) is 9.71. The van der Waals surface area contributed by atoms with Crippen LogP contribution in [-0.4, -0.2) is 18.1 Å². The number of hydrogen-bond donors (Lipinski definition) is 2. The quantitative estimate of drug-likeness (QED) is 0.515. The molecule has 0 atom stereocenters. The normalized spacial score (nSPS) is 13.1. The van der Waals surface area contributed by atoms with Gasteiger partial charge in [-0.05, 0) is 18.1 Å². The Balaban J connectivity index is 4.67. The molecule has 0 saturated heterocycles. The lowest BCUT2D eigenvalue weighted by Crippen LogP contribution is -2.36. The molecule has 0 fully saturated rings. The second kappa shape index (κ2) is 6.81. The molecule has 4 nitrogen and oxygen atoms in total. The van der Waals surface area contributed by atoms with Crippen LogP contribution >= 0.6 is 7.82 Å². The van der Waals surface area contributed by atoms with Crippen LogP contribution in [0.3, 0.4) is 0 Å². The summed E-state index contributed by atoms with van der Waals surface area (Å²) in [5, 5.41) is 0. The lowest BCUT2D eigenvalue weighted by atomic mass is 10.6. The standard InChI is InChI=1S/C9H23O4PSi/c1-4-7-15(8-5-2,9-6-3)13-14(10,11)12/h4-9H2,1-3H3,(H2,10,11,12). The molecule has 15 heavy (non-hydrogen) atoms. The van der Waals surface area contributed by atoms with Gasteiger partial charge in [-0.3, -0.25) is 0 Å². The molecule has 0 saturated carbocycles. The van der Waals surface area contributed by atoms with Crippen molar-refractivity contribution in [2.75, 3.05) is 0 Å². The van der Waals surface area contributed by atoms with Crippen molar-refractivity contribution in [2.24, 2.45) is 0 Å². The molecule has 0 rings (SSSR count). The van der Waals surface area contributed by atoms with Gasteiger partial charge in [-0.15, -0.1) is 0 Å². The third-order valence-electron chi connectivity index (χ3n) is 2.43. The Labute approximate surface area is 93.4 Å². The summed E-state index contributed by atoms with van der Waals surface area (Å²) in [6.45, 7) is 6.11. The van der Waals surface area contributed by atoms with Crippen LogP contribution < -0.4 is 0 Å². The molecule has 0 radical (unpaired) electrons. The van der Waals surface area contributed by atoms with Gasteiger partial charge in [0.1, 0.15) is 0 Å². The average molecular weight is 254 g/mol. The summed E-state index contributed by atoms with van der Waals surface area (Å²) in [6, 6.07) is 2.54. The van der Waals surface area contributed by atoms with Crippen molar-refractivity contribution in [1.82, 2.24) is 0 Å². The zero-order chi connectivity index (χ0) is 11.9. The summed E-state index contributed by atoms with van der Waals surface area (Å²) in [5.74, 6) is 0. The van der Waals surface area contributed by atoms with E-state index in [4.69, 9.17) is 14.0 Å². The monoisotopic (exact) mass is 254 g/mol. The number of hydrogen-bond acceptors (Lipinski definition) is 2. The van der Waals surface area contributed by atoms with Crippen LogP contribution in [0, 0.1) is 0 Å². The fourth-order valence-electron chi connectivity index (χ4n) is 2.13. The van der Waals surface area contributed by atoms with Crippen molar-refractivity contribution in [3.05, 3.63) is 0 Å². The van der Waals surface area contributed by atoms with Crippen molar-refractivity contribution < 1.29 is 18.6 Å². The molecular formula is C9H23O4PSi. The van der Waals surface area contributed by atoms with Gasteiger partial charge in [-0.1, -0.05) is 40.0 Å². The Morgan fingerprint density at radius 2 is 1.33 bits per heavy atom. The van der Waals surface area contributed by atoms with Gasteiger partial charge < -0.3 is 14.0 Å². The second-order valence-corrected chi connectivity index (χ2v) is 9.59. The molecule has 6 heteroatoms. The Kier molecular flexibility index (Phi) is 6.96. The van der Waals surface area contributed by atoms with Crippen LogP contribution in [-0.2, 0) is 8.78 Å². The first-order valence-electron chi connectivity index (χ1n) is 5.65. The lowest BCUT2D eigenvalue weighted by molar-refractivity contribution is 0.276. The van der Waals surface area contributed by atoms with E-state index in [0.717, 1.165) is 37.4 Å². The highest BCUT2D eigenvalue weighted by Gasteiger charge is 2.38. The molecule has 0 bridgehead atoms. The van der Waals surface area contributed by atoms with Crippen molar-refractivity contribution >= 4 is 16.1 Å². The van der Waals surface area contributed by atoms with Crippen LogP contribution in [0.4, 0.5) is 0 Å². The van der Waals surface area contributed by atoms with E-state index < -0.39 is 16.1 Å². The van der Waals surface area contributed by atoms with E-state index >= 15 is 0 Å². The minimum atomic E-state index is -4.31. The van der Waals surface area contributed by atoms with Crippen molar-refractivity contribution in [3.63, 3.8) is 0 Å². The summed E-state index contributed by atoms with van der Waals surface area (Å²) < 4.78 is 16.1. The van der Waals surface area contributed by atoms with Crippen molar-refractivity contribution in [1.29, 1.82) is 0 Å². The summed E-state index contributed by atoms with van der Waals surface area (Å²) in [5.41, 5.74) is 0. The van der Waals surface area contributed by atoms with Gasteiger partial charge in [0.15, 0.2) is 0 Å². The van der Waals surface area contributed by atoms with E-state index in [-0.39, 0.29) is 0 Å². The van der Waals surface area contributed by atoms with Gasteiger partial charge in [0.25, 0.3) is 0 Å². The van der Waals surface area contributed by atoms with Gasteiger partial charge in [0, 0.05) is 0 Å². The van der Waals surface area contributed by atoms with Crippen LogP contribution in [0.25, 0.3) is 0 Å². The van der Waals surface area contributed by atoms with Gasteiger partial charge in [-0.25, -0.2) is 4.57 Å².